The molecule has 2 aliphatic heterocycles. The number of hydrogen-bond donors (Lipinski definition) is 1. The summed E-state index contributed by atoms with van der Waals surface area (Å²) in [6.07, 6.45) is 4.03. The number of aryl methyl sites for hydroxylation is 2. The van der Waals surface area contributed by atoms with E-state index < -0.39 is 17.1 Å². The zero-order chi connectivity index (χ0) is 25.5. The lowest BCUT2D eigenvalue weighted by Gasteiger charge is -2.43. The first-order chi connectivity index (χ1) is 16.5. The Morgan fingerprint density at radius 1 is 1.09 bits per heavy atom. The van der Waals surface area contributed by atoms with Crippen LogP contribution in [0.1, 0.15) is 49.9 Å². The number of fused-ring (bicyclic) bond motifs is 1. The van der Waals surface area contributed by atoms with Crippen LogP contribution in [-0.2, 0) is 9.59 Å². The number of likely N-dealkylation sites (N-methyl/N-ethyl adjacent to an activating group) is 1. The molecule has 0 aliphatic carbocycles. The van der Waals surface area contributed by atoms with E-state index in [2.05, 4.69) is 56.1 Å². The highest BCUT2D eigenvalue weighted by Crippen LogP contribution is 2.41. The minimum atomic E-state index is -0.445. The second-order valence-corrected chi connectivity index (χ2v) is 10.6. The Kier molecular flexibility index (Phi) is 6.64. The highest BCUT2D eigenvalue weighted by atomic mass is 32.2. The third-order valence-electron chi connectivity index (χ3n) is 6.48. The third kappa shape index (κ3) is 4.91. The van der Waals surface area contributed by atoms with Crippen LogP contribution < -0.4 is 10.2 Å². The minimum Gasteiger partial charge on any atom is -0.363 e. The fourth-order valence-corrected chi connectivity index (χ4v) is 5.57. The number of imide groups is 1. The Bertz CT molecular complexity index is 1280. The van der Waals surface area contributed by atoms with E-state index in [0.29, 0.717) is 10.6 Å². The van der Waals surface area contributed by atoms with Crippen LogP contribution in [0.2, 0.25) is 0 Å². The first-order valence-electron chi connectivity index (χ1n) is 11.7. The first-order valence-corrected chi connectivity index (χ1v) is 12.6. The van der Waals surface area contributed by atoms with Crippen molar-refractivity contribution in [3.63, 3.8) is 0 Å². The van der Waals surface area contributed by atoms with E-state index in [1.807, 2.05) is 26.0 Å². The van der Waals surface area contributed by atoms with Crippen molar-refractivity contribution in [1.29, 1.82) is 0 Å². The Hall–Kier alpha value is -3.32. The van der Waals surface area contributed by atoms with E-state index in [9.17, 15) is 14.4 Å². The molecule has 182 valence electrons. The van der Waals surface area contributed by atoms with E-state index in [1.54, 1.807) is 18.2 Å². The number of nitrogens with zero attached hydrogens (tertiary/aromatic N) is 2. The largest absolute Gasteiger partial charge is 0.363 e. The van der Waals surface area contributed by atoms with Gasteiger partial charge in [0.25, 0.3) is 11.1 Å². The summed E-state index contributed by atoms with van der Waals surface area (Å²) in [6, 6.07) is 11.6. The van der Waals surface area contributed by atoms with E-state index in [1.165, 1.54) is 11.3 Å². The van der Waals surface area contributed by atoms with Crippen LogP contribution >= 0.6 is 11.8 Å². The molecule has 0 saturated carbocycles. The van der Waals surface area contributed by atoms with Crippen molar-refractivity contribution in [1.82, 2.24) is 4.90 Å². The number of allylic oxidation sites excluding steroid dienone is 1. The normalized spacial score (nSPS) is 18.1. The lowest BCUT2D eigenvalue weighted by molar-refractivity contribution is -0.127. The van der Waals surface area contributed by atoms with E-state index in [0.717, 1.165) is 45.5 Å². The van der Waals surface area contributed by atoms with Crippen molar-refractivity contribution in [3.8, 4) is 0 Å². The lowest BCUT2D eigenvalue weighted by atomic mass is 9.87. The fourth-order valence-electron chi connectivity index (χ4n) is 4.74. The molecule has 6 nitrogen and oxygen atoms in total. The van der Waals surface area contributed by atoms with Gasteiger partial charge < -0.3 is 10.2 Å². The molecule has 2 aromatic carbocycles. The van der Waals surface area contributed by atoms with Gasteiger partial charge in [0.1, 0.15) is 6.54 Å². The number of nitrogens with one attached hydrogen (secondary N) is 1. The summed E-state index contributed by atoms with van der Waals surface area (Å²) in [5.74, 6) is -0.856. The van der Waals surface area contributed by atoms with E-state index in [4.69, 9.17) is 0 Å². The van der Waals surface area contributed by atoms with Gasteiger partial charge >= 0.3 is 0 Å². The van der Waals surface area contributed by atoms with Gasteiger partial charge in [0.05, 0.1) is 10.4 Å². The van der Waals surface area contributed by atoms with Crippen LogP contribution in [0.3, 0.4) is 0 Å². The van der Waals surface area contributed by atoms with Crippen LogP contribution in [0.4, 0.5) is 16.2 Å². The zero-order valence-electron chi connectivity index (χ0n) is 21.1. The van der Waals surface area contributed by atoms with Gasteiger partial charge in [0.15, 0.2) is 0 Å². The summed E-state index contributed by atoms with van der Waals surface area (Å²) in [7, 11) is 0. The van der Waals surface area contributed by atoms with Crippen LogP contribution in [0.5, 0.6) is 0 Å². The molecule has 1 saturated heterocycles. The van der Waals surface area contributed by atoms with Gasteiger partial charge in [0, 0.05) is 23.5 Å². The molecule has 0 atom stereocenters. The van der Waals surface area contributed by atoms with Crippen LogP contribution in [0.25, 0.3) is 11.6 Å². The van der Waals surface area contributed by atoms with Crippen molar-refractivity contribution >= 4 is 51.8 Å². The van der Waals surface area contributed by atoms with Gasteiger partial charge in [-0.2, -0.15) is 0 Å². The van der Waals surface area contributed by atoms with Gasteiger partial charge in [-0.15, -0.1) is 0 Å². The second kappa shape index (κ2) is 9.38. The fraction of sp³-hybridized carbons (Fsp3) is 0.321. The zero-order valence-corrected chi connectivity index (χ0v) is 21.9. The molecule has 4 rings (SSSR count). The molecule has 0 bridgehead atoms. The third-order valence-corrected chi connectivity index (χ3v) is 7.39. The van der Waals surface area contributed by atoms with Crippen molar-refractivity contribution in [2.45, 2.75) is 47.1 Å². The van der Waals surface area contributed by atoms with Gasteiger partial charge in [0.2, 0.25) is 5.91 Å². The maximum atomic E-state index is 13.0. The van der Waals surface area contributed by atoms with Crippen LogP contribution in [-0.4, -0.2) is 40.6 Å². The molecule has 2 aromatic rings. The standard InChI is InChI=1S/C28H31N3O3S/c1-7-31-23-12-18(3)20(13-22(23)19(4)15-28(31,5)6)14-24-26(33)30(27(34)35-24)16-25(32)29-21-10-8-17(2)9-11-21/h8-15H,7,16H2,1-6H3,(H,29,32)/b24-14-. The van der Waals surface area contributed by atoms with Gasteiger partial charge in [-0.1, -0.05) is 23.8 Å². The van der Waals surface area contributed by atoms with Crippen LogP contribution in [0, 0.1) is 13.8 Å². The Balaban J connectivity index is 1.56. The number of benzene rings is 2. The first kappa shape index (κ1) is 24.8. The van der Waals surface area contributed by atoms with Gasteiger partial charge in [-0.3, -0.25) is 19.3 Å². The highest BCUT2D eigenvalue weighted by Gasteiger charge is 2.37. The predicted octanol–water partition coefficient (Wildman–Crippen LogP) is 6.00. The number of rotatable bonds is 5. The Labute approximate surface area is 211 Å². The minimum absolute atomic E-state index is 0.0817. The molecular formula is C28H31N3O3S. The molecule has 3 amide bonds. The monoisotopic (exact) mass is 489 g/mol. The molecule has 35 heavy (non-hydrogen) atoms. The quantitative estimate of drug-likeness (QED) is 0.522. The summed E-state index contributed by atoms with van der Waals surface area (Å²) in [4.78, 5) is 41.8. The summed E-state index contributed by atoms with van der Waals surface area (Å²) in [6.45, 7) is 13.2. The number of carbonyl (C=O) groups is 3. The van der Waals surface area contributed by atoms with Crippen LogP contribution in [0.15, 0.2) is 47.4 Å². The number of carbonyl (C=O) groups excluding carboxylic acids is 3. The number of hydrogen-bond acceptors (Lipinski definition) is 5. The van der Waals surface area contributed by atoms with Crippen molar-refractivity contribution < 1.29 is 14.4 Å². The van der Waals surface area contributed by atoms with Crippen molar-refractivity contribution in [2.24, 2.45) is 0 Å². The topological polar surface area (TPSA) is 69.7 Å². The molecule has 0 radical (unpaired) electrons. The maximum Gasteiger partial charge on any atom is 0.294 e. The molecule has 1 N–H and O–H groups in total. The smallest absolute Gasteiger partial charge is 0.294 e. The Morgan fingerprint density at radius 2 is 1.77 bits per heavy atom. The number of amides is 3. The molecule has 0 aromatic heterocycles. The maximum absolute atomic E-state index is 13.0. The molecule has 2 aliphatic rings. The predicted molar refractivity (Wildman–Crippen MR) is 144 cm³/mol. The average Bonchev–Trinajstić information content (AvgIpc) is 3.03. The SMILES string of the molecule is CCN1c2cc(C)c(/C=C3\SC(=O)N(CC(=O)Nc4ccc(C)cc4)C3=O)cc2C(C)=CC1(C)C. The van der Waals surface area contributed by atoms with Gasteiger partial charge in [-0.25, -0.2) is 0 Å². The highest BCUT2D eigenvalue weighted by molar-refractivity contribution is 8.18. The molecule has 0 spiro atoms. The molecule has 7 heteroatoms. The van der Waals surface area contributed by atoms with E-state index in [-0.39, 0.29) is 12.1 Å². The van der Waals surface area contributed by atoms with E-state index >= 15 is 0 Å². The average molecular weight is 490 g/mol. The second-order valence-electron chi connectivity index (χ2n) is 9.63. The molecule has 1 fully saturated rings. The lowest BCUT2D eigenvalue weighted by Crippen LogP contribution is -2.44. The summed E-state index contributed by atoms with van der Waals surface area (Å²) in [5.41, 5.74) is 7.02. The van der Waals surface area contributed by atoms with Crippen molar-refractivity contribution in [2.75, 3.05) is 23.3 Å². The molecule has 2 heterocycles. The summed E-state index contributed by atoms with van der Waals surface area (Å²) in [5, 5.41) is 2.30. The van der Waals surface area contributed by atoms with Crippen molar-refractivity contribution in [3.05, 3.63) is 69.6 Å². The number of anilines is 2. The molecular weight excluding hydrogens is 458 g/mol. The van der Waals surface area contributed by atoms with Gasteiger partial charge in [-0.05, 0) is 100 Å². The summed E-state index contributed by atoms with van der Waals surface area (Å²) >= 11 is 0.872. The number of thioether (sulfide) groups is 1. The Morgan fingerprint density at radius 3 is 2.43 bits per heavy atom. The summed E-state index contributed by atoms with van der Waals surface area (Å²) < 4.78 is 0. The molecule has 0 unspecified atom stereocenters.